The number of carbonyl (C=O) groups excluding carboxylic acids is 2. The van der Waals surface area contributed by atoms with Crippen molar-refractivity contribution in [3.63, 3.8) is 0 Å². The lowest BCUT2D eigenvalue weighted by Crippen LogP contribution is -2.19. The first-order valence-electron chi connectivity index (χ1n) is 9.44. The summed E-state index contributed by atoms with van der Waals surface area (Å²) in [6, 6.07) is 2.74. The normalized spacial score (nSPS) is 17.6. The van der Waals surface area contributed by atoms with E-state index in [-0.39, 0.29) is 9.99 Å². The third-order valence-electron chi connectivity index (χ3n) is 5.40. The fourth-order valence-corrected chi connectivity index (χ4v) is 6.20. The zero-order chi connectivity index (χ0) is 21.0. The maximum absolute atomic E-state index is 12.9. The summed E-state index contributed by atoms with van der Waals surface area (Å²) >= 11 is 1.08. The molecule has 0 bridgehead atoms. The molecular formula is C20H23N3O4S2. The Hall–Kier alpha value is -2.07. The second kappa shape index (κ2) is 7.02. The zero-order valence-corrected chi connectivity index (χ0v) is 17.9. The number of fused-ring (bicyclic) bond motifs is 2. The molecule has 0 radical (unpaired) electrons. The standard InChI is InChI=1S/C20H23N3O4S2/c1-20(2,26)13-9-16(28-10-13)29(21,27)23-19(25)22-18-14-5-3-4-11(14)8-12-6-7-15(24)17(12)18/h8-10,26H,3-7H2,1-2H3,(H3,21,22,23,25,27). The van der Waals surface area contributed by atoms with Gasteiger partial charge in [0.1, 0.15) is 4.21 Å². The topological polar surface area (TPSA) is 122 Å². The van der Waals surface area contributed by atoms with Crippen molar-refractivity contribution in [1.29, 1.82) is 0 Å². The molecule has 4 rings (SSSR count). The number of ketones is 1. The summed E-state index contributed by atoms with van der Waals surface area (Å²) in [5.74, 6) is 0.00607. The van der Waals surface area contributed by atoms with Gasteiger partial charge >= 0.3 is 6.03 Å². The van der Waals surface area contributed by atoms with Crippen LogP contribution in [0.1, 0.15) is 59.3 Å². The maximum atomic E-state index is 12.9. The summed E-state index contributed by atoms with van der Waals surface area (Å²) in [6.45, 7) is 3.21. The van der Waals surface area contributed by atoms with Crippen molar-refractivity contribution >= 4 is 38.8 Å². The Labute approximate surface area is 173 Å². The number of thiophene rings is 1. The Morgan fingerprint density at radius 3 is 2.69 bits per heavy atom. The lowest BCUT2D eigenvalue weighted by Gasteiger charge is -2.15. The lowest BCUT2D eigenvalue weighted by atomic mass is 9.98. The van der Waals surface area contributed by atoms with Gasteiger partial charge in [-0.05, 0) is 73.2 Å². The number of carbonyl (C=O) groups is 2. The van der Waals surface area contributed by atoms with Crippen LogP contribution in [-0.2, 0) is 34.8 Å². The predicted molar refractivity (Wildman–Crippen MR) is 113 cm³/mol. The van der Waals surface area contributed by atoms with Crippen molar-refractivity contribution in [1.82, 2.24) is 0 Å². The number of nitrogens with one attached hydrogen (secondary N) is 1. The number of rotatable bonds is 3. The minimum absolute atomic E-state index is 0.00607. The molecule has 1 unspecified atom stereocenters. The summed E-state index contributed by atoms with van der Waals surface area (Å²) in [6.07, 6.45) is 3.77. The molecule has 2 aliphatic carbocycles. The number of anilines is 1. The Morgan fingerprint density at radius 1 is 1.24 bits per heavy atom. The van der Waals surface area contributed by atoms with Crippen LogP contribution in [-0.4, -0.2) is 21.1 Å². The Morgan fingerprint density at radius 2 is 2.00 bits per heavy atom. The molecule has 29 heavy (non-hydrogen) atoms. The van der Waals surface area contributed by atoms with Crippen LogP contribution in [0, 0.1) is 0 Å². The molecule has 0 aliphatic heterocycles. The van der Waals surface area contributed by atoms with Gasteiger partial charge in [-0.25, -0.2) is 14.1 Å². The van der Waals surface area contributed by atoms with Gasteiger partial charge in [-0.15, -0.1) is 15.7 Å². The minimum Gasteiger partial charge on any atom is -0.386 e. The number of urea groups is 1. The molecule has 4 N–H and O–H groups in total. The molecule has 7 nitrogen and oxygen atoms in total. The smallest absolute Gasteiger partial charge is 0.354 e. The number of nitrogens with zero attached hydrogens (tertiary/aromatic N) is 1. The molecule has 154 valence electrons. The third kappa shape index (κ3) is 3.75. The number of benzene rings is 1. The number of hydrogen-bond acceptors (Lipinski definition) is 5. The van der Waals surface area contributed by atoms with Gasteiger partial charge in [0.05, 0.1) is 11.3 Å². The Balaban J connectivity index is 1.68. The molecule has 0 fully saturated rings. The molecule has 1 aromatic heterocycles. The van der Waals surface area contributed by atoms with Gasteiger partial charge in [0, 0.05) is 12.0 Å². The first-order chi connectivity index (χ1) is 13.6. The van der Waals surface area contributed by atoms with E-state index < -0.39 is 21.5 Å². The van der Waals surface area contributed by atoms with Crippen molar-refractivity contribution in [2.24, 2.45) is 9.50 Å². The van der Waals surface area contributed by atoms with Gasteiger partial charge in [-0.2, -0.15) is 0 Å². The van der Waals surface area contributed by atoms with E-state index in [1.807, 2.05) is 0 Å². The highest BCUT2D eigenvalue weighted by atomic mass is 32.2. The fourth-order valence-electron chi connectivity index (χ4n) is 3.92. The number of amides is 2. The number of hydrogen-bond donors (Lipinski definition) is 3. The van der Waals surface area contributed by atoms with Crippen molar-refractivity contribution in [2.75, 3.05) is 5.32 Å². The maximum Gasteiger partial charge on any atom is 0.354 e. The van der Waals surface area contributed by atoms with E-state index in [2.05, 4.69) is 15.7 Å². The highest BCUT2D eigenvalue weighted by molar-refractivity contribution is 7.93. The number of Topliss-reactive ketones (excluding diaryl/α,β-unsaturated/α-hetero) is 1. The molecule has 2 amide bonds. The van der Waals surface area contributed by atoms with Gasteiger partial charge in [0.15, 0.2) is 15.7 Å². The van der Waals surface area contributed by atoms with Gasteiger partial charge in [0.25, 0.3) is 0 Å². The molecule has 2 aliphatic rings. The second-order valence-corrected chi connectivity index (χ2v) is 10.9. The number of aryl methyl sites for hydroxylation is 2. The average molecular weight is 434 g/mol. The second-order valence-electron chi connectivity index (χ2n) is 8.00. The summed E-state index contributed by atoms with van der Waals surface area (Å²) < 4.78 is 16.8. The van der Waals surface area contributed by atoms with Crippen LogP contribution in [0.3, 0.4) is 0 Å². The van der Waals surface area contributed by atoms with Crippen molar-refractivity contribution in [3.8, 4) is 0 Å². The number of aliphatic hydroxyl groups is 1. The summed E-state index contributed by atoms with van der Waals surface area (Å²) in [5, 5.41) is 20.3. The molecule has 0 saturated carbocycles. The summed E-state index contributed by atoms with van der Waals surface area (Å²) in [7, 11) is -3.48. The van der Waals surface area contributed by atoms with Crippen molar-refractivity contribution in [2.45, 2.75) is 55.8 Å². The van der Waals surface area contributed by atoms with Crippen LogP contribution in [0.2, 0.25) is 0 Å². The van der Waals surface area contributed by atoms with Crippen LogP contribution in [0.4, 0.5) is 10.5 Å². The summed E-state index contributed by atoms with van der Waals surface area (Å²) in [5.41, 5.74) is 3.56. The van der Waals surface area contributed by atoms with Gasteiger partial charge < -0.3 is 10.4 Å². The molecule has 9 heteroatoms. The molecule has 2 aromatic rings. The van der Waals surface area contributed by atoms with Gasteiger partial charge in [-0.1, -0.05) is 6.07 Å². The highest BCUT2D eigenvalue weighted by Crippen LogP contribution is 2.38. The number of nitrogens with two attached hydrogens (primary N) is 1. The van der Waals surface area contributed by atoms with E-state index in [1.54, 1.807) is 19.2 Å². The first-order valence-corrected chi connectivity index (χ1v) is 11.9. The van der Waals surface area contributed by atoms with E-state index >= 15 is 0 Å². The largest absolute Gasteiger partial charge is 0.386 e. The average Bonchev–Trinajstić information content (AvgIpc) is 3.33. The first kappa shape index (κ1) is 20.2. The van der Waals surface area contributed by atoms with Gasteiger partial charge in [-0.3, -0.25) is 4.79 Å². The monoisotopic (exact) mass is 433 g/mol. The molecule has 1 aromatic carbocycles. The fraction of sp³-hybridized carbons (Fsp3) is 0.400. The van der Waals surface area contributed by atoms with Crippen molar-refractivity contribution in [3.05, 3.63) is 45.3 Å². The molecular weight excluding hydrogens is 410 g/mol. The van der Waals surface area contributed by atoms with Crippen LogP contribution in [0.5, 0.6) is 0 Å². The Bertz CT molecular complexity index is 1150. The van der Waals surface area contributed by atoms with Crippen LogP contribution in [0.15, 0.2) is 26.1 Å². The van der Waals surface area contributed by atoms with E-state index in [1.165, 1.54) is 6.07 Å². The van der Waals surface area contributed by atoms with Crippen LogP contribution >= 0.6 is 11.3 Å². The SMILES string of the molecule is CC(C)(O)c1csc(S(N)(=O)=NC(=O)Nc2c3c(cc4c2C(=O)CC4)CCC3)c1. The molecule has 0 spiro atoms. The van der Waals surface area contributed by atoms with Crippen molar-refractivity contribution < 1.29 is 18.9 Å². The molecule has 1 atom stereocenters. The zero-order valence-electron chi connectivity index (χ0n) is 16.3. The van der Waals surface area contributed by atoms with Gasteiger partial charge in [0.2, 0.25) is 0 Å². The van der Waals surface area contributed by atoms with E-state index in [4.69, 9.17) is 5.14 Å². The van der Waals surface area contributed by atoms with Crippen LogP contribution in [0.25, 0.3) is 0 Å². The van der Waals surface area contributed by atoms with E-state index in [9.17, 15) is 18.9 Å². The predicted octanol–water partition coefficient (Wildman–Crippen LogP) is 3.53. The molecule has 1 heterocycles. The highest BCUT2D eigenvalue weighted by Gasteiger charge is 2.30. The van der Waals surface area contributed by atoms with Crippen LogP contribution < -0.4 is 10.5 Å². The molecule has 0 saturated heterocycles. The quantitative estimate of drug-likeness (QED) is 0.685. The summed E-state index contributed by atoms with van der Waals surface area (Å²) in [4.78, 5) is 25.0. The van der Waals surface area contributed by atoms with E-state index in [0.29, 0.717) is 29.7 Å². The Kier molecular flexibility index (Phi) is 4.89. The lowest BCUT2D eigenvalue weighted by molar-refractivity contribution is 0.0789. The third-order valence-corrected chi connectivity index (χ3v) is 8.26. The van der Waals surface area contributed by atoms with E-state index in [0.717, 1.165) is 47.3 Å². The minimum atomic E-state index is -3.48.